The van der Waals surface area contributed by atoms with Crippen LogP contribution in [0.15, 0.2) is 30.3 Å². The third-order valence-corrected chi connectivity index (χ3v) is 3.82. The maximum Gasteiger partial charge on any atom is 0.337 e. The molecular formula is C16H17NO2. The van der Waals surface area contributed by atoms with Gasteiger partial charge in [-0.25, -0.2) is 4.79 Å². The number of hydrogen-bond donors (Lipinski definition) is 1. The number of hydrogen-bond acceptors (Lipinski definition) is 1. The Morgan fingerprint density at radius 3 is 2.42 bits per heavy atom. The standard InChI is InChI=1S/C16H17NO2/c1-10-3-5-11(6-4-10)14-9-13(16(18)19)15(17(14)2)12-7-8-12/h3-6,9,12H,7-8H2,1-2H3,(H,18,19). The van der Waals surface area contributed by atoms with Gasteiger partial charge in [0.05, 0.1) is 5.56 Å². The smallest absolute Gasteiger partial charge is 0.337 e. The summed E-state index contributed by atoms with van der Waals surface area (Å²) in [5.41, 5.74) is 4.70. The number of nitrogens with zero attached hydrogens (tertiary/aromatic N) is 1. The molecule has 3 rings (SSSR count). The highest BCUT2D eigenvalue weighted by Gasteiger charge is 2.32. The molecule has 3 heteroatoms. The summed E-state index contributed by atoms with van der Waals surface area (Å²) < 4.78 is 2.05. The van der Waals surface area contributed by atoms with Crippen molar-refractivity contribution in [3.63, 3.8) is 0 Å². The summed E-state index contributed by atoms with van der Waals surface area (Å²) in [7, 11) is 1.97. The van der Waals surface area contributed by atoms with Gasteiger partial charge < -0.3 is 9.67 Å². The zero-order chi connectivity index (χ0) is 13.6. The highest BCUT2D eigenvalue weighted by Crippen LogP contribution is 2.43. The van der Waals surface area contributed by atoms with Crippen LogP contribution in [-0.2, 0) is 7.05 Å². The minimum Gasteiger partial charge on any atom is -0.478 e. The fraction of sp³-hybridized carbons (Fsp3) is 0.312. The van der Waals surface area contributed by atoms with E-state index in [1.54, 1.807) is 6.07 Å². The van der Waals surface area contributed by atoms with Crippen LogP contribution >= 0.6 is 0 Å². The van der Waals surface area contributed by atoms with E-state index < -0.39 is 5.97 Å². The Balaban J connectivity index is 2.14. The molecule has 0 unspecified atom stereocenters. The van der Waals surface area contributed by atoms with Crippen LogP contribution in [0.25, 0.3) is 11.3 Å². The van der Waals surface area contributed by atoms with Gasteiger partial charge in [0.1, 0.15) is 0 Å². The largest absolute Gasteiger partial charge is 0.478 e. The van der Waals surface area contributed by atoms with Crippen LogP contribution in [0.5, 0.6) is 0 Å². The molecular weight excluding hydrogens is 238 g/mol. The number of aromatic nitrogens is 1. The van der Waals surface area contributed by atoms with E-state index in [0.717, 1.165) is 29.8 Å². The van der Waals surface area contributed by atoms with E-state index in [9.17, 15) is 9.90 Å². The summed E-state index contributed by atoms with van der Waals surface area (Å²) in [6.07, 6.45) is 2.21. The normalized spacial score (nSPS) is 14.6. The highest BCUT2D eigenvalue weighted by molar-refractivity contribution is 5.91. The van der Waals surface area contributed by atoms with Gasteiger partial charge >= 0.3 is 5.97 Å². The second-order valence-corrected chi connectivity index (χ2v) is 5.33. The average Bonchev–Trinajstić information content (AvgIpc) is 3.14. The molecule has 0 spiro atoms. The van der Waals surface area contributed by atoms with E-state index in [-0.39, 0.29) is 0 Å². The maximum absolute atomic E-state index is 11.4. The van der Waals surface area contributed by atoms with Crippen LogP contribution < -0.4 is 0 Å². The summed E-state index contributed by atoms with van der Waals surface area (Å²) in [6.45, 7) is 2.05. The predicted octanol–water partition coefficient (Wildman–Crippen LogP) is 3.58. The lowest BCUT2D eigenvalue weighted by atomic mass is 10.1. The lowest BCUT2D eigenvalue weighted by Crippen LogP contribution is -2.03. The Morgan fingerprint density at radius 1 is 1.26 bits per heavy atom. The Labute approximate surface area is 112 Å². The van der Waals surface area contributed by atoms with Gasteiger partial charge in [-0.05, 0) is 31.4 Å². The van der Waals surface area contributed by atoms with Crippen molar-refractivity contribution in [1.82, 2.24) is 4.57 Å². The molecule has 0 amide bonds. The molecule has 0 saturated heterocycles. The Hall–Kier alpha value is -2.03. The van der Waals surface area contributed by atoms with Crippen molar-refractivity contribution < 1.29 is 9.90 Å². The molecule has 1 fully saturated rings. The lowest BCUT2D eigenvalue weighted by molar-refractivity contribution is 0.0695. The third kappa shape index (κ3) is 2.05. The quantitative estimate of drug-likeness (QED) is 0.910. The van der Waals surface area contributed by atoms with E-state index in [1.807, 2.05) is 30.7 Å². The number of carbonyl (C=O) groups is 1. The number of benzene rings is 1. The molecule has 1 aromatic heterocycles. The Kier molecular flexibility index (Phi) is 2.70. The first kappa shape index (κ1) is 12.0. The molecule has 0 aliphatic heterocycles. The van der Waals surface area contributed by atoms with Crippen LogP contribution in [-0.4, -0.2) is 15.6 Å². The lowest BCUT2D eigenvalue weighted by Gasteiger charge is -2.08. The van der Waals surface area contributed by atoms with E-state index in [0.29, 0.717) is 11.5 Å². The summed E-state index contributed by atoms with van der Waals surface area (Å²) in [5.74, 6) is -0.397. The van der Waals surface area contributed by atoms with Gasteiger partial charge in [-0.3, -0.25) is 0 Å². The predicted molar refractivity (Wildman–Crippen MR) is 74.5 cm³/mol. The van der Waals surface area contributed by atoms with Gasteiger partial charge in [-0.15, -0.1) is 0 Å². The second kappa shape index (κ2) is 4.26. The molecule has 19 heavy (non-hydrogen) atoms. The molecule has 1 heterocycles. The molecule has 0 atom stereocenters. The van der Waals surface area contributed by atoms with Crippen molar-refractivity contribution in [2.24, 2.45) is 7.05 Å². The van der Waals surface area contributed by atoms with Crippen molar-refractivity contribution in [1.29, 1.82) is 0 Å². The van der Waals surface area contributed by atoms with Crippen LogP contribution in [0.3, 0.4) is 0 Å². The van der Waals surface area contributed by atoms with Crippen LogP contribution in [0.2, 0.25) is 0 Å². The SMILES string of the molecule is Cc1ccc(-c2cc(C(=O)O)c(C3CC3)n2C)cc1. The summed E-state index contributed by atoms with van der Waals surface area (Å²) in [6, 6.07) is 10.0. The number of rotatable bonds is 3. The van der Waals surface area contributed by atoms with E-state index in [2.05, 4.69) is 12.1 Å². The maximum atomic E-state index is 11.4. The van der Waals surface area contributed by atoms with Crippen LogP contribution in [0, 0.1) is 6.92 Å². The highest BCUT2D eigenvalue weighted by atomic mass is 16.4. The first-order chi connectivity index (χ1) is 9.08. The summed E-state index contributed by atoms with van der Waals surface area (Å²) in [4.78, 5) is 11.4. The fourth-order valence-corrected chi connectivity index (χ4v) is 2.64. The average molecular weight is 255 g/mol. The van der Waals surface area contributed by atoms with Gasteiger partial charge in [-0.1, -0.05) is 29.8 Å². The molecule has 1 N–H and O–H groups in total. The van der Waals surface area contributed by atoms with E-state index >= 15 is 0 Å². The zero-order valence-electron chi connectivity index (χ0n) is 11.2. The Bertz CT molecular complexity index is 634. The number of carboxylic acids is 1. The molecule has 1 aliphatic rings. The monoisotopic (exact) mass is 255 g/mol. The number of carboxylic acid groups (broad SMARTS) is 1. The molecule has 0 bridgehead atoms. The first-order valence-corrected chi connectivity index (χ1v) is 6.58. The van der Waals surface area contributed by atoms with Gasteiger partial charge in [0.15, 0.2) is 0 Å². The van der Waals surface area contributed by atoms with Gasteiger partial charge in [0.25, 0.3) is 0 Å². The second-order valence-electron chi connectivity index (χ2n) is 5.33. The topological polar surface area (TPSA) is 42.2 Å². The van der Waals surface area contributed by atoms with Crippen LogP contribution in [0.1, 0.15) is 40.4 Å². The minimum absolute atomic E-state index is 0.426. The van der Waals surface area contributed by atoms with Crippen molar-refractivity contribution in [2.75, 3.05) is 0 Å². The summed E-state index contributed by atoms with van der Waals surface area (Å²) >= 11 is 0. The van der Waals surface area contributed by atoms with Crippen molar-refractivity contribution >= 4 is 5.97 Å². The van der Waals surface area contributed by atoms with E-state index in [4.69, 9.17) is 0 Å². The van der Waals surface area contributed by atoms with Crippen molar-refractivity contribution in [2.45, 2.75) is 25.7 Å². The fourth-order valence-electron chi connectivity index (χ4n) is 2.64. The van der Waals surface area contributed by atoms with Crippen molar-refractivity contribution in [3.05, 3.63) is 47.2 Å². The molecule has 3 nitrogen and oxygen atoms in total. The first-order valence-electron chi connectivity index (χ1n) is 6.58. The van der Waals surface area contributed by atoms with Crippen LogP contribution in [0.4, 0.5) is 0 Å². The molecule has 2 aromatic rings. The number of aryl methyl sites for hydroxylation is 1. The van der Waals surface area contributed by atoms with E-state index in [1.165, 1.54) is 5.56 Å². The molecule has 98 valence electrons. The van der Waals surface area contributed by atoms with Gasteiger partial charge in [0, 0.05) is 24.4 Å². The van der Waals surface area contributed by atoms with Gasteiger partial charge in [-0.2, -0.15) is 0 Å². The molecule has 0 radical (unpaired) electrons. The Morgan fingerprint density at radius 2 is 1.89 bits per heavy atom. The summed E-state index contributed by atoms with van der Waals surface area (Å²) in [5, 5.41) is 9.36. The van der Waals surface area contributed by atoms with Gasteiger partial charge in [0.2, 0.25) is 0 Å². The zero-order valence-corrected chi connectivity index (χ0v) is 11.2. The van der Waals surface area contributed by atoms with Crippen molar-refractivity contribution in [3.8, 4) is 11.3 Å². The molecule has 1 aliphatic carbocycles. The molecule has 1 saturated carbocycles. The molecule has 1 aromatic carbocycles. The minimum atomic E-state index is -0.823. The third-order valence-electron chi connectivity index (χ3n) is 3.82. The number of aromatic carboxylic acids is 1.